The van der Waals surface area contributed by atoms with E-state index in [4.69, 9.17) is 9.47 Å². The lowest BCUT2D eigenvalue weighted by Crippen LogP contribution is -2.54. The molecule has 0 radical (unpaired) electrons. The van der Waals surface area contributed by atoms with E-state index in [1.54, 1.807) is 7.11 Å². The van der Waals surface area contributed by atoms with Crippen LogP contribution < -0.4 is 10.1 Å². The minimum Gasteiger partial charge on any atom is -0.497 e. The lowest BCUT2D eigenvalue weighted by atomic mass is 9.94. The molecule has 2 aliphatic rings. The van der Waals surface area contributed by atoms with E-state index in [1.807, 2.05) is 12.1 Å². The third kappa shape index (κ3) is 7.36. The van der Waals surface area contributed by atoms with Gasteiger partial charge < -0.3 is 19.7 Å². The molecular formula is C29H37FN2O6S. The van der Waals surface area contributed by atoms with Gasteiger partial charge in [0.1, 0.15) is 17.6 Å². The second-order valence-electron chi connectivity index (χ2n) is 10.8. The van der Waals surface area contributed by atoms with Crippen LogP contribution in [0.1, 0.15) is 53.6 Å². The number of benzene rings is 2. The number of carbonyl (C=O) groups excluding carboxylic acids is 2. The molecule has 4 rings (SSSR count). The molecule has 2 aromatic rings. The van der Waals surface area contributed by atoms with Gasteiger partial charge in [0, 0.05) is 18.7 Å². The van der Waals surface area contributed by atoms with Gasteiger partial charge in [-0.15, -0.1) is 0 Å². The van der Waals surface area contributed by atoms with Crippen LogP contribution in [-0.2, 0) is 19.4 Å². The molecule has 1 heterocycles. The first kappa shape index (κ1) is 29.0. The number of halogens is 1. The zero-order valence-corrected chi connectivity index (χ0v) is 23.6. The molecule has 1 saturated carbocycles. The maximum Gasteiger partial charge on any atom is 0.251 e. The predicted molar refractivity (Wildman–Crippen MR) is 146 cm³/mol. The lowest BCUT2D eigenvalue weighted by molar-refractivity contribution is -0.136. The molecule has 212 valence electrons. The maximum atomic E-state index is 13.3. The van der Waals surface area contributed by atoms with Crippen LogP contribution in [0.25, 0.3) is 0 Å². The Balaban J connectivity index is 1.38. The largest absolute Gasteiger partial charge is 0.497 e. The number of rotatable bonds is 11. The van der Waals surface area contributed by atoms with Gasteiger partial charge in [0.2, 0.25) is 5.91 Å². The van der Waals surface area contributed by atoms with Crippen LogP contribution in [0, 0.1) is 18.2 Å². The molecule has 2 fully saturated rings. The summed E-state index contributed by atoms with van der Waals surface area (Å²) in [7, 11) is -2.02. The van der Waals surface area contributed by atoms with Gasteiger partial charge in [-0.05, 0) is 85.0 Å². The summed E-state index contributed by atoms with van der Waals surface area (Å²) in [5, 5.41) is 2.59. The number of hydrogen-bond acceptors (Lipinski definition) is 6. The number of ether oxygens (including phenoxy) is 2. The van der Waals surface area contributed by atoms with Crippen molar-refractivity contribution in [3.8, 4) is 5.75 Å². The summed E-state index contributed by atoms with van der Waals surface area (Å²) in [6, 6.07) is 9.71. The quantitative estimate of drug-likeness (QED) is 0.452. The molecule has 0 aromatic heterocycles. The summed E-state index contributed by atoms with van der Waals surface area (Å²) in [6.07, 6.45) is 2.20. The van der Waals surface area contributed by atoms with Gasteiger partial charge in [-0.2, -0.15) is 0 Å². The van der Waals surface area contributed by atoms with Crippen molar-refractivity contribution in [2.75, 3.05) is 44.9 Å². The van der Waals surface area contributed by atoms with Crippen molar-refractivity contribution in [2.24, 2.45) is 5.41 Å². The zero-order valence-electron chi connectivity index (χ0n) is 22.7. The fourth-order valence-electron chi connectivity index (χ4n) is 5.39. The number of nitrogens with one attached hydrogen (secondary N) is 1. The summed E-state index contributed by atoms with van der Waals surface area (Å²) in [5.41, 5.74) is 2.60. The molecule has 1 aliphatic carbocycles. The third-order valence-corrected chi connectivity index (χ3v) is 9.61. The number of aryl methyl sites for hydroxylation is 1. The Morgan fingerprint density at radius 3 is 2.51 bits per heavy atom. The molecule has 3 atom stereocenters. The first-order valence-corrected chi connectivity index (χ1v) is 15.1. The van der Waals surface area contributed by atoms with Crippen LogP contribution in [0.2, 0.25) is 0 Å². The second-order valence-corrected chi connectivity index (χ2v) is 13.1. The number of morpholine rings is 1. The van der Waals surface area contributed by atoms with E-state index in [9.17, 15) is 22.4 Å². The topological polar surface area (TPSA) is 102 Å². The summed E-state index contributed by atoms with van der Waals surface area (Å²) < 4.78 is 50.2. The number of sulfone groups is 1. The number of methoxy groups -OCH3 is 1. The van der Waals surface area contributed by atoms with Crippen molar-refractivity contribution in [3.63, 3.8) is 0 Å². The molecule has 10 heteroatoms. The molecule has 1 saturated heterocycles. The summed E-state index contributed by atoms with van der Waals surface area (Å²) in [6.45, 7) is 5.60. The number of carbonyl (C=O) groups is 2. The molecule has 2 amide bonds. The third-order valence-electron chi connectivity index (χ3n) is 7.86. The maximum absolute atomic E-state index is 13.3. The van der Waals surface area contributed by atoms with Crippen LogP contribution in [0.15, 0.2) is 42.5 Å². The average Bonchev–Trinajstić information content (AvgIpc) is 3.58. The zero-order chi connectivity index (χ0) is 28.2. The Bertz CT molecular complexity index is 1290. The highest BCUT2D eigenvalue weighted by atomic mass is 32.2. The van der Waals surface area contributed by atoms with Crippen LogP contribution >= 0.6 is 0 Å². The van der Waals surface area contributed by atoms with Crippen molar-refractivity contribution in [1.29, 1.82) is 0 Å². The Morgan fingerprint density at radius 2 is 1.87 bits per heavy atom. The average molecular weight is 561 g/mol. The molecule has 1 N–H and O–H groups in total. The molecular weight excluding hydrogens is 523 g/mol. The van der Waals surface area contributed by atoms with E-state index in [2.05, 4.69) is 25.2 Å². The fourth-order valence-corrected chi connectivity index (χ4v) is 6.87. The first-order valence-electron chi connectivity index (χ1n) is 13.3. The molecule has 8 nitrogen and oxygen atoms in total. The van der Waals surface area contributed by atoms with Crippen molar-refractivity contribution >= 4 is 21.7 Å². The highest BCUT2D eigenvalue weighted by Crippen LogP contribution is 2.62. The van der Waals surface area contributed by atoms with Gasteiger partial charge in [-0.3, -0.25) is 9.59 Å². The van der Waals surface area contributed by atoms with Crippen LogP contribution in [-0.4, -0.2) is 76.1 Å². The molecule has 1 aliphatic heterocycles. The van der Waals surface area contributed by atoms with Gasteiger partial charge in [-0.1, -0.05) is 13.0 Å². The molecule has 0 bridgehead atoms. The van der Waals surface area contributed by atoms with Gasteiger partial charge in [0.25, 0.3) is 5.91 Å². The van der Waals surface area contributed by atoms with Gasteiger partial charge in [0.15, 0.2) is 9.84 Å². The standard InChI is InChI=1S/C29H37FN2O6S/c1-20-17-23(37-3)9-10-24(20)25-18-29(25,2)11-4-16-39(35,36)19-26(28(34)32-12-14-38-15-13-32)31-27(33)21-5-7-22(30)8-6-21/h5-10,17,25-26H,4,11-16,18-19H2,1-3H3,(H,31,33)/t25-,26-,29?/m0/s1. The van der Waals surface area contributed by atoms with E-state index >= 15 is 0 Å². The monoisotopic (exact) mass is 560 g/mol. The van der Waals surface area contributed by atoms with Crippen LogP contribution in [0.3, 0.4) is 0 Å². The lowest BCUT2D eigenvalue weighted by Gasteiger charge is -2.30. The highest BCUT2D eigenvalue weighted by Gasteiger charge is 2.50. The molecule has 0 spiro atoms. The van der Waals surface area contributed by atoms with Crippen molar-refractivity contribution < 1.29 is 31.9 Å². The van der Waals surface area contributed by atoms with E-state index in [0.717, 1.165) is 36.3 Å². The van der Waals surface area contributed by atoms with E-state index in [-0.39, 0.29) is 16.7 Å². The second kappa shape index (κ2) is 12.0. The number of hydrogen-bond donors (Lipinski definition) is 1. The Morgan fingerprint density at radius 1 is 1.18 bits per heavy atom. The van der Waals surface area contributed by atoms with Gasteiger partial charge in [0.05, 0.1) is 31.8 Å². The normalized spacial score (nSPS) is 21.7. The summed E-state index contributed by atoms with van der Waals surface area (Å²) in [4.78, 5) is 27.6. The molecule has 2 aromatic carbocycles. The SMILES string of the molecule is COc1ccc([C@@H]2CC2(C)CCCS(=O)(=O)C[C@H](NC(=O)c2ccc(F)cc2)C(=O)N2CCOCC2)c(C)c1. The minimum absolute atomic E-state index is 0.0225. The smallest absolute Gasteiger partial charge is 0.251 e. The highest BCUT2D eigenvalue weighted by molar-refractivity contribution is 7.91. The Kier molecular flexibility index (Phi) is 8.96. The number of nitrogens with zero attached hydrogens (tertiary/aromatic N) is 1. The van der Waals surface area contributed by atoms with E-state index in [0.29, 0.717) is 38.6 Å². The molecule has 1 unspecified atom stereocenters. The van der Waals surface area contributed by atoms with Crippen molar-refractivity contribution in [1.82, 2.24) is 10.2 Å². The first-order chi connectivity index (χ1) is 18.5. The Labute approximate surface area is 229 Å². The van der Waals surface area contributed by atoms with Crippen LogP contribution in [0.4, 0.5) is 4.39 Å². The summed E-state index contributed by atoms with van der Waals surface area (Å²) in [5.74, 6) is -0.955. The molecule has 39 heavy (non-hydrogen) atoms. The summed E-state index contributed by atoms with van der Waals surface area (Å²) >= 11 is 0. The fraction of sp³-hybridized carbons (Fsp3) is 0.517. The van der Waals surface area contributed by atoms with Gasteiger partial charge in [-0.25, -0.2) is 12.8 Å². The van der Waals surface area contributed by atoms with Gasteiger partial charge >= 0.3 is 0 Å². The predicted octanol–water partition coefficient (Wildman–Crippen LogP) is 3.49. The minimum atomic E-state index is -3.66. The van der Waals surface area contributed by atoms with E-state index < -0.39 is 39.3 Å². The van der Waals surface area contributed by atoms with Crippen LogP contribution in [0.5, 0.6) is 5.75 Å². The van der Waals surface area contributed by atoms with E-state index in [1.165, 1.54) is 22.6 Å². The Hall–Kier alpha value is -2.98. The number of amides is 2. The van der Waals surface area contributed by atoms with Crippen molar-refractivity contribution in [3.05, 3.63) is 65.0 Å². The van der Waals surface area contributed by atoms with Crippen molar-refractivity contribution in [2.45, 2.75) is 45.1 Å².